The van der Waals surface area contributed by atoms with Crippen molar-refractivity contribution in [3.8, 4) is 0 Å². The highest BCUT2D eigenvalue weighted by Crippen LogP contribution is 2.13. The smallest absolute Gasteiger partial charge is 0.237 e. The average molecular weight is 269 g/mol. The molecule has 0 aromatic rings. The number of carbonyl (C=O) groups excluding carboxylic acids is 2. The maximum atomic E-state index is 12.1. The number of hydrogen-bond acceptors (Lipinski definition) is 3. The molecule has 2 amide bonds. The molecule has 1 aliphatic rings. The molecule has 1 rings (SSSR count). The Hall–Kier alpha value is -1.10. The van der Waals surface area contributed by atoms with Gasteiger partial charge in [-0.15, -0.1) is 0 Å². The lowest BCUT2D eigenvalue weighted by molar-refractivity contribution is -0.135. The first-order valence-electron chi connectivity index (χ1n) is 7.28. The number of nitrogens with one attached hydrogen (secondary N) is 1. The van der Waals surface area contributed by atoms with E-state index in [9.17, 15) is 9.59 Å². The normalized spacial score (nSPS) is 19.4. The molecule has 1 unspecified atom stereocenters. The summed E-state index contributed by atoms with van der Waals surface area (Å²) in [6, 6.07) is 0.451. The Labute approximate surface area is 115 Å². The van der Waals surface area contributed by atoms with E-state index >= 15 is 0 Å². The number of carbonyl (C=O) groups is 2. The summed E-state index contributed by atoms with van der Waals surface area (Å²) in [6.07, 6.45) is 4.96. The van der Waals surface area contributed by atoms with Crippen LogP contribution in [0.25, 0.3) is 0 Å². The molecule has 19 heavy (non-hydrogen) atoms. The van der Waals surface area contributed by atoms with E-state index in [2.05, 4.69) is 5.32 Å². The fourth-order valence-electron chi connectivity index (χ4n) is 2.51. The predicted octanol–water partition coefficient (Wildman–Crippen LogP) is 0.879. The van der Waals surface area contributed by atoms with Crippen LogP contribution in [0.4, 0.5) is 0 Å². The SMILES string of the molecule is CC(C)CN(CC(N)=O)C(=O)CCC1CCCCN1. The molecule has 0 saturated carbocycles. The molecule has 5 heteroatoms. The third-order valence-electron chi connectivity index (χ3n) is 3.40. The maximum absolute atomic E-state index is 12.1. The first kappa shape index (κ1) is 16.0. The van der Waals surface area contributed by atoms with Crippen LogP contribution in [0, 0.1) is 5.92 Å². The van der Waals surface area contributed by atoms with Gasteiger partial charge in [-0.1, -0.05) is 20.3 Å². The van der Waals surface area contributed by atoms with E-state index in [1.807, 2.05) is 13.8 Å². The highest BCUT2D eigenvalue weighted by Gasteiger charge is 2.19. The first-order chi connectivity index (χ1) is 8.99. The van der Waals surface area contributed by atoms with Crippen molar-refractivity contribution >= 4 is 11.8 Å². The number of nitrogens with two attached hydrogens (primary N) is 1. The first-order valence-corrected chi connectivity index (χ1v) is 7.28. The molecule has 110 valence electrons. The van der Waals surface area contributed by atoms with Gasteiger partial charge in [0.25, 0.3) is 0 Å². The molecular weight excluding hydrogens is 242 g/mol. The zero-order chi connectivity index (χ0) is 14.3. The van der Waals surface area contributed by atoms with Crippen LogP contribution in [0.5, 0.6) is 0 Å². The van der Waals surface area contributed by atoms with Gasteiger partial charge < -0.3 is 16.0 Å². The van der Waals surface area contributed by atoms with E-state index in [-0.39, 0.29) is 12.5 Å². The second-order valence-corrected chi connectivity index (χ2v) is 5.82. The summed E-state index contributed by atoms with van der Waals surface area (Å²) in [5.74, 6) is -0.0548. The lowest BCUT2D eigenvalue weighted by atomic mass is 10.00. The number of primary amides is 1. The van der Waals surface area contributed by atoms with Crippen LogP contribution >= 0.6 is 0 Å². The summed E-state index contributed by atoms with van der Waals surface area (Å²) in [4.78, 5) is 24.8. The Morgan fingerprint density at radius 2 is 2.11 bits per heavy atom. The van der Waals surface area contributed by atoms with Crippen LogP contribution in [-0.2, 0) is 9.59 Å². The maximum Gasteiger partial charge on any atom is 0.237 e. The second-order valence-electron chi connectivity index (χ2n) is 5.82. The zero-order valence-corrected chi connectivity index (χ0v) is 12.2. The summed E-state index contributed by atoms with van der Waals surface area (Å²) >= 11 is 0. The van der Waals surface area contributed by atoms with Crippen molar-refractivity contribution in [3.63, 3.8) is 0 Å². The topological polar surface area (TPSA) is 75.4 Å². The van der Waals surface area contributed by atoms with Gasteiger partial charge in [0.05, 0.1) is 6.54 Å². The van der Waals surface area contributed by atoms with Gasteiger partial charge in [-0.3, -0.25) is 9.59 Å². The number of hydrogen-bond donors (Lipinski definition) is 2. The van der Waals surface area contributed by atoms with Crippen LogP contribution in [0.1, 0.15) is 46.0 Å². The van der Waals surface area contributed by atoms with E-state index in [0.717, 1.165) is 19.4 Å². The molecule has 1 fully saturated rings. The number of rotatable bonds is 7. The van der Waals surface area contributed by atoms with Gasteiger partial charge >= 0.3 is 0 Å². The number of nitrogens with zero attached hydrogens (tertiary/aromatic N) is 1. The summed E-state index contributed by atoms with van der Waals surface area (Å²) in [5.41, 5.74) is 5.20. The average Bonchev–Trinajstić information content (AvgIpc) is 2.35. The summed E-state index contributed by atoms with van der Waals surface area (Å²) in [7, 11) is 0. The minimum atomic E-state index is -0.440. The van der Waals surface area contributed by atoms with E-state index in [4.69, 9.17) is 5.73 Å². The van der Waals surface area contributed by atoms with Gasteiger partial charge in [0.2, 0.25) is 11.8 Å². The summed E-state index contributed by atoms with van der Waals surface area (Å²) in [6.45, 7) is 5.75. The lowest BCUT2D eigenvalue weighted by Gasteiger charge is -2.26. The minimum Gasteiger partial charge on any atom is -0.368 e. The van der Waals surface area contributed by atoms with E-state index in [1.54, 1.807) is 4.90 Å². The molecule has 0 aromatic heterocycles. The van der Waals surface area contributed by atoms with Crippen LogP contribution in [0.15, 0.2) is 0 Å². The van der Waals surface area contributed by atoms with Gasteiger partial charge in [-0.05, 0) is 31.7 Å². The Morgan fingerprint density at radius 1 is 1.37 bits per heavy atom. The molecule has 0 aliphatic carbocycles. The minimum absolute atomic E-state index is 0.0368. The van der Waals surface area contributed by atoms with Crippen molar-refractivity contribution in [2.24, 2.45) is 11.7 Å². The Morgan fingerprint density at radius 3 is 2.63 bits per heavy atom. The quantitative estimate of drug-likeness (QED) is 0.720. The lowest BCUT2D eigenvalue weighted by Crippen LogP contribution is -2.41. The van der Waals surface area contributed by atoms with E-state index in [1.165, 1.54) is 12.8 Å². The van der Waals surface area contributed by atoms with Crippen molar-refractivity contribution in [1.82, 2.24) is 10.2 Å². The fourth-order valence-corrected chi connectivity index (χ4v) is 2.51. The van der Waals surface area contributed by atoms with Crippen molar-refractivity contribution in [1.29, 1.82) is 0 Å². The van der Waals surface area contributed by atoms with Crippen LogP contribution in [0.2, 0.25) is 0 Å². The molecule has 1 aliphatic heterocycles. The Bertz CT molecular complexity index is 299. The van der Waals surface area contributed by atoms with Crippen molar-refractivity contribution in [2.75, 3.05) is 19.6 Å². The largest absolute Gasteiger partial charge is 0.368 e. The van der Waals surface area contributed by atoms with Gasteiger partial charge in [0.1, 0.15) is 0 Å². The van der Waals surface area contributed by atoms with Crippen molar-refractivity contribution in [3.05, 3.63) is 0 Å². The van der Waals surface area contributed by atoms with Gasteiger partial charge in [0, 0.05) is 19.0 Å². The van der Waals surface area contributed by atoms with Crippen molar-refractivity contribution < 1.29 is 9.59 Å². The predicted molar refractivity (Wildman–Crippen MR) is 75.5 cm³/mol. The highest BCUT2D eigenvalue weighted by atomic mass is 16.2. The molecular formula is C14H27N3O2. The van der Waals surface area contributed by atoms with E-state index < -0.39 is 5.91 Å². The third kappa shape index (κ3) is 6.57. The van der Waals surface area contributed by atoms with E-state index in [0.29, 0.717) is 24.9 Å². The second kappa shape index (κ2) is 8.15. The van der Waals surface area contributed by atoms with Crippen LogP contribution in [0.3, 0.4) is 0 Å². The molecule has 1 saturated heterocycles. The van der Waals surface area contributed by atoms with Crippen LogP contribution in [-0.4, -0.2) is 42.4 Å². The number of piperidine rings is 1. The monoisotopic (exact) mass is 269 g/mol. The highest BCUT2D eigenvalue weighted by molar-refractivity contribution is 5.83. The number of amides is 2. The van der Waals surface area contributed by atoms with Crippen molar-refractivity contribution in [2.45, 2.75) is 52.0 Å². The summed E-state index contributed by atoms with van der Waals surface area (Å²) < 4.78 is 0. The zero-order valence-electron chi connectivity index (χ0n) is 12.2. The molecule has 0 radical (unpaired) electrons. The Balaban J connectivity index is 2.39. The molecule has 0 aromatic carbocycles. The van der Waals surface area contributed by atoms with Gasteiger partial charge in [-0.2, -0.15) is 0 Å². The molecule has 3 N–H and O–H groups in total. The van der Waals surface area contributed by atoms with Gasteiger partial charge in [-0.25, -0.2) is 0 Å². The fraction of sp³-hybridized carbons (Fsp3) is 0.857. The standard InChI is InChI=1S/C14H27N3O2/c1-11(2)9-17(10-13(15)18)14(19)7-6-12-5-3-4-8-16-12/h11-12,16H,3-10H2,1-2H3,(H2,15,18). The van der Waals surface area contributed by atoms with Gasteiger partial charge in [0.15, 0.2) is 0 Å². The molecule has 0 spiro atoms. The molecule has 0 bridgehead atoms. The molecule has 5 nitrogen and oxygen atoms in total. The third-order valence-corrected chi connectivity index (χ3v) is 3.40. The molecule has 1 heterocycles. The Kier molecular flexibility index (Phi) is 6.84. The molecule has 1 atom stereocenters. The summed E-state index contributed by atoms with van der Waals surface area (Å²) in [5, 5.41) is 3.43. The van der Waals surface area contributed by atoms with Crippen LogP contribution < -0.4 is 11.1 Å².